The number of hydrogen-bond acceptors (Lipinski definition) is 5. The van der Waals surface area contributed by atoms with Crippen molar-refractivity contribution >= 4 is 40.2 Å². The molecule has 0 spiro atoms. The number of nitrogens with one attached hydrogen (secondary N) is 1. The average molecular weight is 403 g/mol. The van der Waals surface area contributed by atoms with Crippen molar-refractivity contribution in [2.75, 3.05) is 19.5 Å². The lowest BCUT2D eigenvalue weighted by Gasteiger charge is -2.13. The molecule has 0 fully saturated rings. The Hall–Kier alpha value is -1.57. The minimum atomic E-state index is -0.635. The van der Waals surface area contributed by atoms with Crippen LogP contribution in [0.2, 0.25) is 0 Å². The van der Waals surface area contributed by atoms with Crippen molar-refractivity contribution in [1.82, 2.24) is 0 Å². The highest BCUT2D eigenvalue weighted by atomic mass is 127. The molecule has 0 heterocycles. The van der Waals surface area contributed by atoms with Crippen LogP contribution >= 0.6 is 22.6 Å². The fourth-order valence-corrected chi connectivity index (χ4v) is 2.24. The Kier molecular flexibility index (Phi) is 6.67. The zero-order valence-electron chi connectivity index (χ0n) is 12.4. The summed E-state index contributed by atoms with van der Waals surface area (Å²) in [5.41, 5.74) is 1.95. The minimum absolute atomic E-state index is 0.0274. The van der Waals surface area contributed by atoms with E-state index in [0.717, 1.165) is 15.3 Å². The number of ether oxygens (including phenoxy) is 2. The first kappa shape index (κ1) is 17.5. The van der Waals surface area contributed by atoms with Crippen LogP contribution in [-0.4, -0.2) is 26.2 Å². The van der Waals surface area contributed by atoms with Gasteiger partial charge in [0.2, 0.25) is 0 Å². The highest BCUT2D eigenvalue weighted by Crippen LogP contribution is 2.25. The zero-order valence-corrected chi connectivity index (χ0v) is 14.6. The third-order valence-electron chi connectivity index (χ3n) is 2.80. The van der Waals surface area contributed by atoms with E-state index >= 15 is 0 Å². The lowest BCUT2D eigenvalue weighted by atomic mass is 10.0. The Bertz CT molecular complexity index is 567. The van der Waals surface area contributed by atoms with Gasteiger partial charge in [-0.15, -0.1) is 0 Å². The van der Waals surface area contributed by atoms with Gasteiger partial charge in [-0.2, -0.15) is 0 Å². The van der Waals surface area contributed by atoms with Gasteiger partial charge in [-0.3, -0.25) is 0 Å². The molecule has 6 heteroatoms. The average Bonchev–Trinajstić information content (AvgIpc) is 2.46. The maximum absolute atomic E-state index is 11.7. The Morgan fingerprint density at radius 1 is 1.24 bits per heavy atom. The van der Waals surface area contributed by atoms with Crippen LogP contribution in [0.3, 0.4) is 0 Å². The molecule has 0 bridgehead atoms. The first-order valence-corrected chi connectivity index (χ1v) is 7.41. The topological polar surface area (TPSA) is 64.6 Å². The molecule has 5 nitrogen and oxygen atoms in total. The predicted molar refractivity (Wildman–Crippen MR) is 89.0 cm³/mol. The van der Waals surface area contributed by atoms with Crippen molar-refractivity contribution in [3.05, 3.63) is 39.1 Å². The molecule has 1 aromatic rings. The van der Waals surface area contributed by atoms with E-state index in [1.165, 1.54) is 19.8 Å². The number of methoxy groups -OCH3 is 2. The summed E-state index contributed by atoms with van der Waals surface area (Å²) >= 11 is 2.17. The largest absolute Gasteiger partial charge is 0.466 e. The molecule has 1 rings (SSSR count). The van der Waals surface area contributed by atoms with E-state index in [4.69, 9.17) is 0 Å². The fraction of sp³-hybridized carbons (Fsp3) is 0.333. The fourth-order valence-electron chi connectivity index (χ4n) is 1.57. The summed E-state index contributed by atoms with van der Waals surface area (Å²) in [7, 11) is 2.50. The van der Waals surface area contributed by atoms with Crippen molar-refractivity contribution < 1.29 is 19.1 Å². The van der Waals surface area contributed by atoms with Gasteiger partial charge in [-0.05, 0) is 46.2 Å². The highest BCUT2D eigenvalue weighted by Gasteiger charge is 2.14. The summed E-state index contributed by atoms with van der Waals surface area (Å²) in [4.78, 5) is 23.0. The number of hydrogen-bond donors (Lipinski definition) is 1. The number of carbonyl (C=O) groups is 2. The lowest BCUT2D eigenvalue weighted by Crippen LogP contribution is -2.16. The first-order valence-electron chi connectivity index (χ1n) is 6.33. The Morgan fingerprint density at radius 2 is 1.90 bits per heavy atom. The van der Waals surface area contributed by atoms with Crippen LogP contribution < -0.4 is 5.32 Å². The summed E-state index contributed by atoms with van der Waals surface area (Å²) in [6.07, 6.45) is 1.07. The number of rotatable bonds is 5. The Balaban J connectivity index is 3.07. The molecule has 0 saturated carbocycles. The molecule has 21 heavy (non-hydrogen) atoms. The van der Waals surface area contributed by atoms with Gasteiger partial charge in [0.05, 0.1) is 26.0 Å². The molecule has 1 N–H and O–H groups in total. The van der Waals surface area contributed by atoms with Crippen LogP contribution in [0.1, 0.15) is 25.3 Å². The summed E-state index contributed by atoms with van der Waals surface area (Å²) < 4.78 is 10.1. The van der Waals surface area contributed by atoms with Crippen LogP contribution in [-0.2, 0) is 19.1 Å². The summed E-state index contributed by atoms with van der Waals surface area (Å²) in [5, 5.41) is 2.91. The van der Waals surface area contributed by atoms with E-state index in [9.17, 15) is 9.59 Å². The summed E-state index contributed by atoms with van der Waals surface area (Å²) in [5.74, 6) is -0.848. The number of anilines is 1. The first-order chi connectivity index (χ1) is 9.88. The van der Waals surface area contributed by atoms with Crippen LogP contribution in [0.4, 0.5) is 5.69 Å². The SMILES string of the molecule is COC(=O)/C=C(/Nc1ccc(C(C)C)cc1I)C(=O)OC. The molecule has 0 atom stereocenters. The second-order valence-corrected chi connectivity index (χ2v) is 5.75. The van der Waals surface area contributed by atoms with Crippen LogP contribution in [0.25, 0.3) is 0 Å². The number of carbonyl (C=O) groups excluding carboxylic acids is 2. The van der Waals surface area contributed by atoms with Crippen molar-refractivity contribution in [3.63, 3.8) is 0 Å². The van der Waals surface area contributed by atoms with E-state index in [1.54, 1.807) is 0 Å². The van der Waals surface area contributed by atoms with Gasteiger partial charge in [0.25, 0.3) is 0 Å². The van der Waals surface area contributed by atoms with Gasteiger partial charge in [-0.1, -0.05) is 19.9 Å². The molecule has 1 aromatic carbocycles. The molecule has 0 aromatic heterocycles. The van der Waals surface area contributed by atoms with Crippen molar-refractivity contribution in [2.24, 2.45) is 0 Å². The monoisotopic (exact) mass is 403 g/mol. The van der Waals surface area contributed by atoms with Crippen LogP contribution in [0.5, 0.6) is 0 Å². The zero-order chi connectivity index (χ0) is 16.0. The van der Waals surface area contributed by atoms with E-state index in [0.29, 0.717) is 5.92 Å². The molecule has 0 aliphatic carbocycles. The Labute approximate surface area is 137 Å². The molecular formula is C15H18INO4. The van der Waals surface area contributed by atoms with E-state index in [1.807, 2.05) is 18.2 Å². The highest BCUT2D eigenvalue weighted by molar-refractivity contribution is 14.1. The van der Waals surface area contributed by atoms with Crippen molar-refractivity contribution in [2.45, 2.75) is 19.8 Å². The second kappa shape index (κ2) is 8.02. The Morgan fingerprint density at radius 3 is 2.38 bits per heavy atom. The molecule has 0 aliphatic rings. The second-order valence-electron chi connectivity index (χ2n) is 4.59. The van der Waals surface area contributed by atoms with E-state index in [-0.39, 0.29) is 5.70 Å². The quantitative estimate of drug-likeness (QED) is 0.465. The molecule has 0 saturated heterocycles. The van der Waals surface area contributed by atoms with Crippen LogP contribution in [0, 0.1) is 3.57 Å². The molecule has 0 amide bonds. The van der Waals surface area contributed by atoms with Gasteiger partial charge < -0.3 is 14.8 Å². The van der Waals surface area contributed by atoms with Gasteiger partial charge >= 0.3 is 11.9 Å². The summed E-state index contributed by atoms with van der Waals surface area (Å²) in [6, 6.07) is 5.87. The molecule has 0 aliphatic heterocycles. The van der Waals surface area contributed by atoms with Crippen molar-refractivity contribution in [1.29, 1.82) is 0 Å². The van der Waals surface area contributed by atoms with Crippen LogP contribution in [0.15, 0.2) is 30.0 Å². The van der Waals surface area contributed by atoms with Gasteiger partial charge in [0.1, 0.15) is 5.70 Å². The van der Waals surface area contributed by atoms with Crippen molar-refractivity contribution in [3.8, 4) is 0 Å². The van der Waals surface area contributed by atoms with E-state index in [2.05, 4.69) is 51.2 Å². The third-order valence-corrected chi connectivity index (χ3v) is 3.69. The maximum atomic E-state index is 11.7. The smallest absolute Gasteiger partial charge is 0.354 e. The standard InChI is InChI=1S/C15H18INO4/c1-9(2)10-5-6-12(11(16)7-10)17-13(15(19)21-4)8-14(18)20-3/h5-9,17H,1-4H3/b13-8+. The number of benzene rings is 1. The maximum Gasteiger partial charge on any atom is 0.354 e. The van der Waals surface area contributed by atoms with Gasteiger partial charge in [0.15, 0.2) is 0 Å². The third kappa shape index (κ3) is 5.04. The van der Waals surface area contributed by atoms with Gasteiger partial charge in [-0.25, -0.2) is 9.59 Å². The normalized spacial score (nSPS) is 11.2. The molecule has 0 unspecified atom stereocenters. The number of halogens is 1. The predicted octanol–water partition coefficient (Wildman–Crippen LogP) is 3.06. The lowest BCUT2D eigenvalue weighted by molar-refractivity contribution is -0.138. The molecule has 114 valence electrons. The summed E-state index contributed by atoms with van der Waals surface area (Å²) in [6.45, 7) is 4.21. The molecule has 0 radical (unpaired) electrons. The van der Waals surface area contributed by atoms with Gasteiger partial charge in [0, 0.05) is 3.57 Å². The van der Waals surface area contributed by atoms with E-state index < -0.39 is 11.9 Å². The minimum Gasteiger partial charge on any atom is -0.466 e. The number of esters is 2. The molecular weight excluding hydrogens is 385 g/mol.